The number of nitrogens with two attached hydrogens (primary N) is 1. The second kappa shape index (κ2) is 4.42. The molecule has 4 nitrogen and oxygen atoms in total. The van der Waals surface area contributed by atoms with Crippen LogP contribution in [0.2, 0.25) is 0 Å². The molecule has 5 heteroatoms. The Balaban J connectivity index is 0.00000121. The van der Waals surface area contributed by atoms with Crippen LogP contribution in [0.3, 0.4) is 0 Å². The van der Waals surface area contributed by atoms with E-state index in [-0.39, 0.29) is 36.6 Å². The minimum atomic E-state index is -0.410. The highest BCUT2D eigenvalue weighted by atomic mass is 35.5. The molecule has 1 fully saturated rings. The highest BCUT2D eigenvalue weighted by molar-refractivity contribution is 5.89. The van der Waals surface area contributed by atoms with Gasteiger partial charge in [0.2, 0.25) is 0 Å². The predicted octanol–water partition coefficient (Wildman–Crippen LogP) is -0.112. The summed E-state index contributed by atoms with van der Waals surface area (Å²) in [6, 6.07) is -0.338. The van der Waals surface area contributed by atoms with Crippen LogP contribution in [0.1, 0.15) is 12.8 Å². The van der Waals surface area contributed by atoms with E-state index in [0.29, 0.717) is 6.42 Å². The summed E-state index contributed by atoms with van der Waals surface area (Å²) in [5.74, 6) is -0.733. The average molecular weight is 194 g/mol. The molecule has 0 aromatic carbocycles. The number of hydrogen-bond acceptors (Lipinski definition) is 4. The fourth-order valence-electron chi connectivity index (χ4n) is 1.29. The van der Waals surface area contributed by atoms with Crippen LogP contribution >= 0.6 is 12.4 Å². The van der Waals surface area contributed by atoms with Crippen LogP contribution in [0.5, 0.6) is 0 Å². The largest absolute Gasteiger partial charge is 0.469 e. The summed E-state index contributed by atoms with van der Waals surface area (Å²) in [5, 5.41) is 0. The van der Waals surface area contributed by atoms with Gasteiger partial charge in [-0.05, 0) is 0 Å². The van der Waals surface area contributed by atoms with Gasteiger partial charge in [-0.3, -0.25) is 9.59 Å². The Kier molecular flexibility index (Phi) is 4.20. The van der Waals surface area contributed by atoms with Gasteiger partial charge in [0, 0.05) is 18.9 Å². The molecule has 1 rings (SSSR count). The van der Waals surface area contributed by atoms with Crippen molar-refractivity contribution in [3.05, 3.63) is 0 Å². The topological polar surface area (TPSA) is 69.4 Å². The van der Waals surface area contributed by atoms with Gasteiger partial charge in [0.25, 0.3) is 0 Å². The van der Waals surface area contributed by atoms with Gasteiger partial charge >= 0.3 is 5.97 Å². The maximum absolute atomic E-state index is 10.9. The van der Waals surface area contributed by atoms with E-state index in [9.17, 15) is 9.59 Å². The fourth-order valence-corrected chi connectivity index (χ4v) is 1.29. The van der Waals surface area contributed by atoms with Crippen molar-refractivity contribution >= 4 is 24.2 Å². The first-order valence-corrected chi connectivity index (χ1v) is 3.50. The fraction of sp³-hybridized carbons (Fsp3) is 0.714. The van der Waals surface area contributed by atoms with Crippen LogP contribution in [-0.4, -0.2) is 24.9 Å². The normalized spacial score (nSPS) is 28.0. The van der Waals surface area contributed by atoms with E-state index in [0.717, 1.165) is 0 Å². The maximum Gasteiger partial charge on any atom is 0.310 e. The minimum absolute atomic E-state index is 0. The molecule has 0 saturated heterocycles. The summed E-state index contributed by atoms with van der Waals surface area (Å²) in [6.45, 7) is 0. The minimum Gasteiger partial charge on any atom is -0.469 e. The Morgan fingerprint density at radius 1 is 1.58 bits per heavy atom. The number of halogens is 1. The number of Topliss-reactive ketones (excluding diaryl/α,β-unsaturated/α-hetero) is 1. The van der Waals surface area contributed by atoms with Crippen LogP contribution in [0.4, 0.5) is 0 Å². The van der Waals surface area contributed by atoms with E-state index < -0.39 is 5.92 Å². The Bertz CT molecular complexity index is 195. The van der Waals surface area contributed by atoms with Crippen molar-refractivity contribution in [3.8, 4) is 0 Å². The third kappa shape index (κ3) is 2.19. The first-order valence-electron chi connectivity index (χ1n) is 3.50. The smallest absolute Gasteiger partial charge is 0.310 e. The van der Waals surface area contributed by atoms with Crippen LogP contribution in [0, 0.1) is 5.92 Å². The molecule has 0 heterocycles. The van der Waals surface area contributed by atoms with Crippen molar-refractivity contribution in [1.82, 2.24) is 0 Å². The number of rotatable bonds is 1. The molecule has 0 aliphatic heterocycles. The number of hydrogen-bond donors (Lipinski definition) is 1. The monoisotopic (exact) mass is 193 g/mol. The van der Waals surface area contributed by atoms with Gasteiger partial charge in [0.15, 0.2) is 0 Å². The zero-order chi connectivity index (χ0) is 8.43. The lowest BCUT2D eigenvalue weighted by atomic mass is 10.1. The quantitative estimate of drug-likeness (QED) is 0.590. The van der Waals surface area contributed by atoms with Gasteiger partial charge in [0.1, 0.15) is 5.78 Å². The standard InChI is InChI=1S/C7H11NO3.ClH/c1-11-7(10)5-2-4(9)3-6(5)8;/h5-6H,2-3,8H2,1H3;1H/t5-,6+;/m0./s1. The number of carbonyl (C=O) groups is 2. The molecule has 0 bridgehead atoms. The summed E-state index contributed by atoms with van der Waals surface area (Å²) in [6.07, 6.45) is 0.549. The molecule has 2 atom stereocenters. The molecule has 0 amide bonds. The summed E-state index contributed by atoms with van der Waals surface area (Å²) in [4.78, 5) is 21.7. The van der Waals surface area contributed by atoms with Gasteiger partial charge < -0.3 is 10.5 Å². The molecule has 0 aromatic rings. The summed E-state index contributed by atoms with van der Waals surface area (Å²) in [5.41, 5.74) is 5.52. The van der Waals surface area contributed by atoms with E-state index >= 15 is 0 Å². The zero-order valence-corrected chi connectivity index (χ0v) is 7.60. The first-order chi connectivity index (χ1) is 5.15. The summed E-state index contributed by atoms with van der Waals surface area (Å²) >= 11 is 0. The van der Waals surface area contributed by atoms with Crippen LogP contribution in [0.15, 0.2) is 0 Å². The van der Waals surface area contributed by atoms with Gasteiger partial charge in [0.05, 0.1) is 13.0 Å². The van der Waals surface area contributed by atoms with Crippen molar-refractivity contribution in [1.29, 1.82) is 0 Å². The third-order valence-corrected chi connectivity index (χ3v) is 1.93. The van der Waals surface area contributed by atoms with Gasteiger partial charge in [-0.1, -0.05) is 0 Å². The molecule has 1 aliphatic carbocycles. The van der Waals surface area contributed by atoms with E-state index in [1.807, 2.05) is 0 Å². The lowest BCUT2D eigenvalue weighted by molar-refractivity contribution is -0.146. The average Bonchev–Trinajstić information content (AvgIpc) is 2.28. The molecule has 2 N–H and O–H groups in total. The number of esters is 1. The Hall–Kier alpha value is -0.610. The Morgan fingerprint density at radius 3 is 2.50 bits per heavy atom. The first kappa shape index (κ1) is 11.4. The van der Waals surface area contributed by atoms with Gasteiger partial charge in [-0.2, -0.15) is 0 Å². The molecule has 0 spiro atoms. The highest BCUT2D eigenvalue weighted by Crippen LogP contribution is 2.21. The molecule has 1 saturated carbocycles. The van der Waals surface area contributed by atoms with Crippen LogP contribution in [-0.2, 0) is 14.3 Å². The summed E-state index contributed by atoms with van der Waals surface area (Å²) in [7, 11) is 1.30. The number of ether oxygens (including phenoxy) is 1. The van der Waals surface area contributed by atoms with E-state index in [2.05, 4.69) is 4.74 Å². The molecule has 12 heavy (non-hydrogen) atoms. The molecule has 1 aliphatic rings. The van der Waals surface area contributed by atoms with Gasteiger partial charge in [-0.25, -0.2) is 0 Å². The highest BCUT2D eigenvalue weighted by Gasteiger charge is 2.36. The summed E-state index contributed by atoms with van der Waals surface area (Å²) < 4.78 is 4.48. The van der Waals surface area contributed by atoms with E-state index in [4.69, 9.17) is 5.73 Å². The zero-order valence-electron chi connectivity index (χ0n) is 6.78. The van der Waals surface area contributed by atoms with Crippen molar-refractivity contribution < 1.29 is 14.3 Å². The van der Waals surface area contributed by atoms with E-state index in [1.54, 1.807) is 0 Å². The second-order valence-electron chi connectivity index (χ2n) is 2.74. The van der Waals surface area contributed by atoms with Crippen molar-refractivity contribution in [2.24, 2.45) is 11.7 Å². The lowest BCUT2D eigenvalue weighted by Crippen LogP contribution is -2.31. The molecular weight excluding hydrogens is 182 g/mol. The Labute approximate surface area is 76.9 Å². The predicted molar refractivity (Wildman–Crippen MR) is 45.0 cm³/mol. The third-order valence-electron chi connectivity index (χ3n) is 1.93. The number of methoxy groups -OCH3 is 1. The van der Waals surface area contributed by atoms with E-state index in [1.165, 1.54) is 7.11 Å². The van der Waals surface area contributed by atoms with Crippen molar-refractivity contribution in [2.45, 2.75) is 18.9 Å². The maximum atomic E-state index is 10.9. The SMILES string of the molecule is COC(=O)[C@H]1CC(=O)C[C@H]1N.Cl. The number of ketones is 1. The van der Waals surface area contributed by atoms with Crippen LogP contribution in [0.25, 0.3) is 0 Å². The van der Waals surface area contributed by atoms with Crippen molar-refractivity contribution in [3.63, 3.8) is 0 Å². The van der Waals surface area contributed by atoms with Gasteiger partial charge in [-0.15, -0.1) is 12.4 Å². The molecule has 0 radical (unpaired) electrons. The lowest BCUT2D eigenvalue weighted by Gasteiger charge is -2.10. The number of carbonyl (C=O) groups excluding carboxylic acids is 2. The van der Waals surface area contributed by atoms with Crippen molar-refractivity contribution in [2.75, 3.05) is 7.11 Å². The molecule has 0 aromatic heterocycles. The molecule has 0 unspecified atom stereocenters. The molecule has 70 valence electrons. The Morgan fingerprint density at radius 2 is 2.17 bits per heavy atom. The van der Waals surface area contributed by atoms with Crippen LogP contribution < -0.4 is 5.73 Å². The second-order valence-corrected chi connectivity index (χ2v) is 2.74. The molecular formula is C7H12ClNO3.